The van der Waals surface area contributed by atoms with Crippen LogP contribution in [-0.4, -0.2) is 0 Å². The molecule has 0 heteroatoms. The van der Waals surface area contributed by atoms with Crippen LogP contribution < -0.4 is 0 Å². The Balaban J connectivity index is 1.19. The van der Waals surface area contributed by atoms with E-state index in [9.17, 15) is 0 Å². The van der Waals surface area contributed by atoms with Crippen LogP contribution in [0.2, 0.25) is 0 Å². The van der Waals surface area contributed by atoms with Crippen LogP contribution in [0.3, 0.4) is 0 Å². The maximum Gasteiger partial charge on any atom is 0.0221 e. The molecule has 9 aromatic rings. The lowest BCUT2D eigenvalue weighted by Gasteiger charge is -2.35. The predicted octanol–water partition coefficient (Wildman–Crippen LogP) is 20.3. The van der Waals surface area contributed by atoms with E-state index in [-0.39, 0.29) is 16.2 Å². The highest BCUT2D eigenvalue weighted by Gasteiger charge is 2.46. The van der Waals surface area contributed by atoms with Crippen LogP contribution in [0.1, 0.15) is 164 Å². The van der Waals surface area contributed by atoms with Crippen molar-refractivity contribution in [3.63, 3.8) is 0 Å². The Morgan fingerprint density at radius 3 is 1.56 bits per heavy atom. The molecule has 0 saturated carbocycles. The minimum absolute atomic E-state index is 0.0359. The number of hydrogen-bond acceptors (Lipinski definition) is 0. The Hall–Kier alpha value is -5.98. The second-order valence-corrected chi connectivity index (χ2v) is 24.2. The van der Waals surface area contributed by atoms with Crippen LogP contribution in [0.4, 0.5) is 0 Å². The topological polar surface area (TPSA) is 0 Å². The van der Waals surface area contributed by atoms with Crippen molar-refractivity contribution in [3.8, 4) is 55.6 Å². The van der Waals surface area contributed by atoms with E-state index in [0.717, 1.165) is 0 Å². The summed E-state index contributed by atoms with van der Waals surface area (Å²) in [5.41, 5.74) is 25.9. The second-order valence-electron chi connectivity index (χ2n) is 24.2. The lowest BCUT2D eigenvalue weighted by molar-refractivity contribution is 0.403. The fourth-order valence-corrected chi connectivity index (χ4v) is 13.6. The quantitative estimate of drug-likeness (QED) is 0.0753. The van der Waals surface area contributed by atoms with Crippen molar-refractivity contribution in [1.29, 1.82) is 0 Å². The van der Waals surface area contributed by atoms with E-state index in [0.29, 0.717) is 0 Å². The van der Waals surface area contributed by atoms with Crippen molar-refractivity contribution in [3.05, 3.63) is 178 Å². The van der Waals surface area contributed by atoms with Crippen LogP contribution in [-0.2, 0) is 41.9 Å². The lowest BCUT2D eigenvalue weighted by Crippen LogP contribution is -2.26. The summed E-state index contributed by atoms with van der Waals surface area (Å²) in [4.78, 5) is 0. The molecule has 0 spiro atoms. The van der Waals surface area contributed by atoms with Gasteiger partial charge in [-0.15, -0.1) is 0 Å². The Labute approximate surface area is 425 Å². The molecule has 0 aliphatic heterocycles. The van der Waals surface area contributed by atoms with Gasteiger partial charge in [-0.05, 0) is 212 Å². The third-order valence-corrected chi connectivity index (χ3v) is 17.7. The highest BCUT2D eigenvalue weighted by molar-refractivity contribution is 6.32. The van der Waals surface area contributed by atoms with Gasteiger partial charge in [0.05, 0.1) is 0 Å². The average Bonchev–Trinajstić information content (AvgIpc) is 3.63. The van der Waals surface area contributed by atoms with Crippen molar-refractivity contribution in [2.75, 3.05) is 0 Å². The maximum absolute atomic E-state index is 2.72. The smallest absolute Gasteiger partial charge is 0.0221 e. The number of benzene rings is 9. The molecule has 12 rings (SSSR count). The van der Waals surface area contributed by atoms with E-state index in [1.165, 1.54) is 206 Å². The lowest BCUT2D eigenvalue weighted by atomic mass is 9.67. The van der Waals surface area contributed by atoms with Gasteiger partial charge in [-0.1, -0.05) is 210 Å². The van der Waals surface area contributed by atoms with E-state index in [4.69, 9.17) is 0 Å². The van der Waals surface area contributed by atoms with Gasteiger partial charge in [-0.25, -0.2) is 0 Å². The molecule has 9 aromatic carbocycles. The molecule has 3 aliphatic carbocycles. The maximum atomic E-state index is 2.72. The first kappa shape index (κ1) is 46.1. The standard InChI is InChI=1S/C71H74/c1-9-11-13-17-36-71(37-18-14-12-10-2)64-41-49(54-29-21-23-46-31-34-57(46)54)32-35-59(64)67-62-43-51(69(3,4)5)39-50-40-60(61-42-52(70(6,7)8)44-63(68(67)71)66(61)65(50)62)58-27-16-15-26-55(58)48-25-19-24-47(38-48)53-28-20-22-45-30-33-56(45)53/h15-16,19-29,32,35,38-44H,9-14,17-18,30-31,33-34,36-37H2,1-8H3. The second kappa shape index (κ2) is 17.7. The molecule has 3 aliphatic rings. The molecule has 0 fully saturated rings. The Bertz CT molecular complexity index is 3510. The first-order chi connectivity index (χ1) is 34.4. The van der Waals surface area contributed by atoms with Crippen molar-refractivity contribution in [1.82, 2.24) is 0 Å². The zero-order valence-corrected chi connectivity index (χ0v) is 44.1. The van der Waals surface area contributed by atoms with E-state index in [2.05, 4.69) is 189 Å². The fourth-order valence-electron chi connectivity index (χ4n) is 13.6. The third kappa shape index (κ3) is 7.60. The molecule has 0 atom stereocenters. The molecule has 0 amide bonds. The number of hydrogen-bond donors (Lipinski definition) is 0. The van der Waals surface area contributed by atoms with E-state index >= 15 is 0 Å². The molecule has 0 N–H and O–H groups in total. The molecule has 0 nitrogen and oxygen atoms in total. The molecule has 0 heterocycles. The van der Waals surface area contributed by atoms with Crippen LogP contribution in [0, 0.1) is 0 Å². The van der Waals surface area contributed by atoms with Gasteiger partial charge in [-0.3, -0.25) is 0 Å². The van der Waals surface area contributed by atoms with Gasteiger partial charge in [0.15, 0.2) is 0 Å². The minimum Gasteiger partial charge on any atom is -0.0654 e. The zero-order valence-electron chi connectivity index (χ0n) is 44.1. The molecule has 71 heavy (non-hydrogen) atoms. The van der Waals surface area contributed by atoms with Crippen LogP contribution >= 0.6 is 0 Å². The van der Waals surface area contributed by atoms with Gasteiger partial charge in [0.1, 0.15) is 0 Å². The van der Waals surface area contributed by atoms with Crippen LogP contribution in [0.5, 0.6) is 0 Å². The first-order valence-electron chi connectivity index (χ1n) is 27.8. The van der Waals surface area contributed by atoms with Gasteiger partial charge in [0.2, 0.25) is 0 Å². The predicted molar refractivity (Wildman–Crippen MR) is 308 cm³/mol. The normalized spacial score (nSPS) is 14.6. The summed E-state index contributed by atoms with van der Waals surface area (Å²) in [7, 11) is 0. The average molecular weight is 927 g/mol. The third-order valence-electron chi connectivity index (χ3n) is 17.7. The first-order valence-corrected chi connectivity index (χ1v) is 27.8. The molecule has 0 saturated heterocycles. The van der Waals surface area contributed by atoms with Crippen LogP contribution in [0.25, 0.3) is 88.0 Å². The summed E-state index contributed by atoms with van der Waals surface area (Å²) < 4.78 is 0. The Morgan fingerprint density at radius 2 is 0.958 bits per heavy atom. The minimum atomic E-state index is -0.109. The molecule has 0 bridgehead atoms. The summed E-state index contributed by atoms with van der Waals surface area (Å²) in [6.07, 6.45) is 17.3. The zero-order chi connectivity index (χ0) is 48.8. The summed E-state index contributed by atoms with van der Waals surface area (Å²) in [5, 5.41) is 8.63. The van der Waals surface area contributed by atoms with Gasteiger partial charge in [0, 0.05) is 5.41 Å². The molecule has 358 valence electrons. The van der Waals surface area contributed by atoms with Gasteiger partial charge in [0.25, 0.3) is 0 Å². The summed E-state index contributed by atoms with van der Waals surface area (Å²) in [5.74, 6) is 0. The van der Waals surface area contributed by atoms with Crippen molar-refractivity contribution in [2.45, 2.75) is 162 Å². The fraction of sp³-hybridized carbons (Fsp3) is 0.352. The number of fused-ring (bicyclic) bond motifs is 7. The SMILES string of the molecule is CCCCCCC1(CCCCCC)c2cc(-c3cccc4c3CC4)ccc2-c2c1c1cc(C(C)(C)C)cc3c(-c4ccccc4-c4cccc(-c5cccc6c5CC6)c4)cc4cc(C(C)(C)C)cc2c4c31. The monoisotopic (exact) mass is 927 g/mol. The molecular formula is C71H74. The number of rotatable bonds is 14. The highest BCUT2D eigenvalue weighted by atomic mass is 14.5. The van der Waals surface area contributed by atoms with Crippen LogP contribution in [0.15, 0.2) is 133 Å². The van der Waals surface area contributed by atoms with Gasteiger partial charge in [-0.2, -0.15) is 0 Å². The number of aryl methyl sites for hydroxylation is 2. The number of unbranched alkanes of at least 4 members (excludes halogenated alkanes) is 6. The molecule has 0 unspecified atom stereocenters. The molecule has 0 aromatic heterocycles. The van der Waals surface area contributed by atoms with E-state index in [1.807, 2.05) is 0 Å². The van der Waals surface area contributed by atoms with Crippen molar-refractivity contribution in [2.24, 2.45) is 0 Å². The van der Waals surface area contributed by atoms with E-state index in [1.54, 1.807) is 16.7 Å². The highest BCUT2D eigenvalue weighted by Crippen LogP contribution is 2.62. The Kier molecular flexibility index (Phi) is 11.5. The van der Waals surface area contributed by atoms with Gasteiger partial charge < -0.3 is 0 Å². The Morgan fingerprint density at radius 1 is 0.408 bits per heavy atom. The summed E-state index contributed by atoms with van der Waals surface area (Å²) in [6, 6.07) is 53.7. The molecular weight excluding hydrogens is 853 g/mol. The summed E-state index contributed by atoms with van der Waals surface area (Å²) >= 11 is 0. The van der Waals surface area contributed by atoms with Crippen molar-refractivity contribution < 1.29 is 0 Å². The van der Waals surface area contributed by atoms with Gasteiger partial charge >= 0.3 is 0 Å². The van der Waals surface area contributed by atoms with E-state index < -0.39 is 0 Å². The summed E-state index contributed by atoms with van der Waals surface area (Å²) in [6.45, 7) is 19.3. The molecule has 0 radical (unpaired) electrons. The largest absolute Gasteiger partial charge is 0.0654 e. The van der Waals surface area contributed by atoms with Crippen molar-refractivity contribution >= 4 is 32.3 Å².